The Kier molecular flexibility index (Phi) is 7.98. The predicted molar refractivity (Wildman–Crippen MR) is 97.6 cm³/mol. The molecule has 0 saturated carbocycles. The molecule has 2 nitrogen and oxygen atoms in total. The van der Waals surface area contributed by atoms with E-state index in [1.165, 1.54) is 11.1 Å². The maximum absolute atomic E-state index is 4.71. The molecule has 1 aromatic heterocycles. The molecule has 0 aliphatic carbocycles. The van der Waals surface area contributed by atoms with Crippen LogP contribution < -0.4 is 5.49 Å². The molecule has 0 fully saturated rings. The third kappa shape index (κ3) is 5.03. The van der Waals surface area contributed by atoms with E-state index in [4.69, 9.17) is 4.99 Å². The van der Waals surface area contributed by atoms with Crippen LogP contribution in [0.3, 0.4) is 0 Å². The molecule has 2 aromatic rings. The highest BCUT2D eigenvalue weighted by molar-refractivity contribution is 5.62. The third-order valence-corrected chi connectivity index (χ3v) is 3.24. The summed E-state index contributed by atoms with van der Waals surface area (Å²) in [5.41, 5.74) is 4.37. The van der Waals surface area contributed by atoms with Crippen molar-refractivity contribution < 1.29 is 0 Å². The molecule has 22 heavy (non-hydrogen) atoms. The van der Waals surface area contributed by atoms with E-state index in [2.05, 4.69) is 56.1 Å². The SMILES string of the molecule is C=C(C)n1ccc(-c2ccccc2)cc1=NCCCC.CC. The molecule has 0 aliphatic rings. The average molecular weight is 296 g/mol. The lowest BCUT2D eigenvalue weighted by atomic mass is 10.1. The molecule has 0 spiro atoms. The topological polar surface area (TPSA) is 17.3 Å². The first-order chi connectivity index (χ1) is 10.7. The molecule has 0 radical (unpaired) electrons. The summed E-state index contributed by atoms with van der Waals surface area (Å²) >= 11 is 0. The molecule has 0 bridgehead atoms. The van der Waals surface area contributed by atoms with Crippen LogP contribution in [0.1, 0.15) is 40.5 Å². The number of allylic oxidation sites excluding steroid dienone is 1. The highest BCUT2D eigenvalue weighted by atomic mass is 15.0. The van der Waals surface area contributed by atoms with Crippen molar-refractivity contribution in [2.45, 2.75) is 40.5 Å². The maximum atomic E-state index is 4.71. The zero-order valence-corrected chi connectivity index (χ0v) is 14.3. The number of hydrogen-bond acceptors (Lipinski definition) is 1. The largest absolute Gasteiger partial charge is 0.307 e. The smallest absolute Gasteiger partial charge is 0.132 e. The monoisotopic (exact) mass is 296 g/mol. The second-order valence-electron chi connectivity index (χ2n) is 4.98. The Morgan fingerprint density at radius 2 is 1.77 bits per heavy atom. The molecule has 2 rings (SSSR count). The van der Waals surface area contributed by atoms with Crippen molar-refractivity contribution >= 4 is 5.70 Å². The normalized spacial score (nSPS) is 10.8. The van der Waals surface area contributed by atoms with Crippen molar-refractivity contribution in [2.24, 2.45) is 4.99 Å². The second kappa shape index (κ2) is 9.78. The average Bonchev–Trinajstić information content (AvgIpc) is 2.57. The lowest BCUT2D eigenvalue weighted by Crippen LogP contribution is -2.19. The van der Waals surface area contributed by atoms with Gasteiger partial charge >= 0.3 is 0 Å². The minimum Gasteiger partial charge on any atom is -0.307 e. The van der Waals surface area contributed by atoms with Crippen LogP contribution >= 0.6 is 0 Å². The lowest BCUT2D eigenvalue weighted by molar-refractivity contribution is 0.776. The van der Waals surface area contributed by atoms with E-state index in [1.807, 2.05) is 31.4 Å². The minimum absolute atomic E-state index is 0.863. The highest BCUT2D eigenvalue weighted by Gasteiger charge is 2.00. The number of nitrogens with zero attached hydrogens (tertiary/aromatic N) is 2. The van der Waals surface area contributed by atoms with Gasteiger partial charge in [-0.1, -0.05) is 64.1 Å². The van der Waals surface area contributed by atoms with Gasteiger partial charge in [0.15, 0.2) is 0 Å². The summed E-state index contributed by atoms with van der Waals surface area (Å²) in [5, 5.41) is 0. The van der Waals surface area contributed by atoms with Crippen molar-refractivity contribution in [3.63, 3.8) is 0 Å². The van der Waals surface area contributed by atoms with E-state index in [0.29, 0.717) is 0 Å². The molecular weight excluding hydrogens is 268 g/mol. The number of pyridine rings is 1. The van der Waals surface area contributed by atoms with Crippen LogP contribution in [0.25, 0.3) is 16.8 Å². The molecule has 1 aromatic carbocycles. The Morgan fingerprint density at radius 1 is 1.09 bits per heavy atom. The summed E-state index contributed by atoms with van der Waals surface area (Å²) in [6, 6.07) is 14.6. The van der Waals surface area contributed by atoms with Crippen LogP contribution in [0.15, 0.2) is 60.2 Å². The molecule has 2 heteroatoms. The van der Waals surface area contributed by atoms with Crippen molar-refractivity contribution in [1.29, 1.82) is 0 Å². The van der Waals surface area contributed by atoms with Crippen LogP contribution in [0.5, 0.6) is 0 Å². The Hall–Kier alpha value is -2.09. The van der Waals surface area contributed by atoms with Gasteiger partial charge in [0, 0.05) is 18.4 Å². The molecule has 0 aliphatic heterocycles. The standard InChI is InChI=1S/C18H22N2.C2H6/c1-4-5-12-19-18-14-17(11-13-20(18)15(2)3)16-9-7-6-8-10-16;1-2/h6-11,13-14H,2,4-5,12H2,1,3H3;1-2H3. The zero-order chi connectivity index (χ0) is 16.4. The number of hydrogen-bond donors (Lipinski definition) is 0. The molecule has 0 saturated heterocycles. The minimum atomic E-state index is 0.863. The van der Waals surface area contributed by atoms with Crippen LogP contribution in [0.2, 0.25) is 0 Å². The van der Waals surface area contributed by atoms with Gasteiger partial charge in [0.2, 0.25) is 0 Å². The Balaban J connectivity index is 0.00000116. The number of unbranched alkanes of at least 4 members (excludes halogenated alkanes) is 1. The molecule has 0 atom stereocenters. The zero-order valence-electron chi connectivity index (χ0n) is 14.3. The van der Waals surface area contributed by atoms with Crippen LogP contribution in [0, 0.1) is 0 Å². The van der Waals surface area contributed by atoms with Gasteiger partial charge in [0.05, 0.1) is 0 Å². The Bertz CT molecular complexity index is 636. The Labute approximate surface area is 134 Å². The first kappa shape index (κ1) is 18.0. The van der Waals surface area contributed by atoms with Gasteiger partial charge in [-0.3, -0.25) is 4.99 Å². The lowest BCUT2D eigenvalue weighted by Gasteiger charge is -2.09. The van der Waals surface area contributed by atoms with Crippen molar-refractivity contribution in [2.75, 3.05) is 6.54 Å². The van der Waals surface area contributed by atoms with Gasteiger partial charge < -0.3 is 4.57 Å². The number of aromatic nitrogens is 1. The van der Waals surface area contributed by atoms with Crippen molar-refractivity contribution in [1.82, 2.24) is 4.57 Å². The summed E-state index contributed by atoms with van der Waals surface area (Å²) < 4.78 is 2.04. The summed E-state index contributed by atoms with van der Waals surface area (Å²) in [6.45, 7) is 13.1. The quantitative estimate of drug-likeness (QED) is 0.660. The van der Waals surface area contributed by atoms with Gasteiger partial charge in [-0.25, -0.2) is 0 Å². The fourth-order valence-electron chi connectivity index (χ4n) is 2.09. The van der Waals surface area contributed by atoms with E-state index < -0.39 is 0 Å². The molecule has 0 N–H and O–H groups in total. The van der Waals surface area contributed by atoms with Crippen LogP contribution in [-0.2, 0) is 0 Å². The van der Waals surface area contributed by atoms with Crippen LogP contribution in [-0.4, -0.2) is 11.1 Å². The predicted octanol–water partition coefficient (Wildman–Crippen LogP) is 5.37. The summed E-state index contributed by atoms with van der Waals surface area (Å²) in [5.74, 6) is 0. The van der Waals surface area contributed by atoms with Crippen LogP contribution in [0.4, 0.5) is 0 Å². The van der Waals surface area contributed by atoms with E-state index in [-0.39, 0.29) is 0 Å². The second-order valence-corrected chi connectivity index (χ2v) is 4.98. The summed E-state index contributed by atoms with van der Waals surface area (Å²) in [6.07, 6.45) is 4.33. The summed E-state index contributed by atoms with van der Waals surface area (Å²) in [4.78, 5) is 4.71. The van der Waals surface area contributed by atoms with E-state index in [9.17, 15) is 0 Å². The van der Waals surface area contributed by atoms with Gasteiger partial charge in [0.25, 0.3) is 0 Å². The molecule has 118 valence electrons. The van der Waals surface area contributed by atoms with Gasteiger partial charge in [-0.15, -0.1) is 0 Å². The summed E-state index contributed by atoms with van der Waals surface area (Å²) in [7, 11) is 0. The molecule has 0 unspecified atom stereocenters. The van der Waals surface area contributed by atoms with Crippen molar-refractivity contribution in [3.05, 3.63) is 60.7 Å². The highest BCUT2D eigenvalue weighted by Crippen LogP contribution is 2.16. The van der Waals surface area contributed by atoms with Crippen molar-refractivity contribution in [3.8, 4) is 11.1 Å². The third-order valence-electron chi connectivity index (χ3n) is 3.24. The number of rotatable bonds is 5. The molecule has 0 amide bonds. The molecule has 1 heterocycles. The van der Waals surface area contributed by atoms with Gasteiger partial charge in [0.1, 0.15) is 5.49 Å². The number of benzene rings is 1. The van der Waals surface area contributed by atoms with E-state index in [0.717, 1.165) is 30.6 Å². The fraction of sp³-hybridized carbons (Fsp3) is 0.350. The van der Waals surface area contributed by atoms with E-state index >= 15 is 0 Å². The Morgan fingerprint density at radius 3 is 2.36 bits per heavy atom. The first-order valence-corrected chi connectivity index (χ1v) is 8.17. The van der Waals surface area contributed by atoms with Gasteiger partial charge in [-0.05, 0) is 36.6 Å². The fourth-order valence-corrected chi connectivity index (χ4v) is 2.09. The maximum Gasteiger partial charge on any atom is 0.132 e. The molecular formula is C20H28N2. The van der Waals surface area contributed by atoms with E-state index in [1.54, 1.807) is 0 Å². The van der Waals surface area contributed by atoms with Gasteiger partial charge in [-0.2, -0.15) is 0 Å². The first-order valence-electron chi connectivity index (χ1n) is 8.17.